The standard InChI is InChI=1S/C35H35F4N7O5.ClH/c36-34(37,35(38,39)33(50)51)32-44-29(45-46-32)22-13-15-24(16-14-22)42-31(49)27(43-30(48)23-11-7-20(18-40)8-12-23)17-19-5-9-21(10-6-19)25-3-1-2-4-26(25)28(41)47;/h1-6,9-10,13-16,20,23,27H,7-8,11-12,17-18,40H2,(H2,41,47)(H,42,49)(H,43,48)(H,50,51)(H,44,45,46);1H/t20?,23?,27-;/m0./s1. The number of nitrogens with one attached hydrogen (secondary N) is 3. The Kier molecular flexibility index (Phi) is 12.4. The number of carboxylic acids is 1. The van der Waals surface area contributed by atoms with Crippen LogP contribution < -0.4 is 22.1 Å². The molecule has 276 valence electrons. The number of aromatic nitrogens is 3. The molecule has 0 aliphatic heterocycles. The smallest absolute Gasteiger partial charge is 0.411 e. The van der Waals surface area contributed by atoms with E-state index in [9.17, 15) is 36.7 Å². The quantitative estimate of drug-likeness (QED) is 0.104. The second-order valence-corrected chi connectivity index (χ2v) is 12.4. The van der Waals surface area contributed by atoms with Crippen LogP contribution in [0.3, 0.4) is 0 Å². The third-order valence-corrected chi connectivity index (χ3v) is 8.94. The van der Waals surface area contributed by atoms with Gasteiger partial charge in [-0.3, -0.25) is 19.5 Å². The van der Waals surface area contributed by atoms with E-state index in [4.69, 9.17) is 16.6 Å². The Morgan fingerprint density at radius 2 is 1.52 bits per heavy atom. The molecule has 1 fully saturated rings. The lowest BCUT2D eigenvalue weighted by Gasteiger charge is -2.28. The maximum Gasteiger partial charge on any atom is 0.411 e. The summed E-state index contributed by atoms with van der Waals surface area (Å²) in [5.41, 5.74) is 14.2. The number of anilines is 1. The van der Waals surface area contributed by atoms with Crippen molar-refractivity contribution >= 4 is 41.8 Å². The summed E-state index contributed by atoms with van der Waals surface area (Å²) in [6, 6.07) is 18.5. The van der Waals surface area contributed by atoms with Gasteiger partial charge in [-0.1, -0.05) is 42.5 Å². The van der Waals surface area contributed by atoms with E-state index < -0.39 is 41.5 Å². The SMILES string of the molecule is Cl.NCC1CCC(C(=O)N[C@@H](Cc2ccc(-c3ccccc3C(N)=O)cc2)C(=O)Nc2ccc(-c3nc(C(F)(F)C(F)(F)C(=O)O)n[nH]3)cc2)CC1. The Hall–Kier alpha value is -5.35. The molecule has 5 rings (SSSR count). The van der Waals surface area contributed by atoms with Gasteiger partial charge in [0, 0.05) is 29.2 Å². The fourth-order valence-electron chi connectivity index (χ4n) is 5.91. The molecule has 1 aliphatic carbocycles. The summed E-state index contributed by atoms with van der Waals surface area (Å²) >= 11 is 0. The zero-order chi connectivity index (χ0) is 36.9. The molecule has 4 aromatic rings. The summed E-state index contributed by atoms with van der Waals surface area (Å²) in [7, 11) is 0. The van der Waals surface area contributed by atoms with Crippen LogP contribution in [0.15, 0.2) is 72.8 Å². The van der Waals surface area contributed by atoms with E-state index in [0.717, 1.165) is 18.4 Å². The number of hydrogen-bond acceptors (Lipinski definition) is 7. The highest BCUT2D eigenvalue weighted by molar-refractivity contribution is 6.00. The van der Waals surface area contributed by atoms with Crippen LogP contribution in [0.4, 0.5) is 23.2 Å². The van der Waals surface area contributed by atoms with E-state index in [1.807, 2.05) is 0 Å². The van der Waals surface area contributed by atoms with E-state index >= 15 is 0 Å². The maximum atomic E-state index is 14.2. The van der Waals surface area contributed by atoms with E-state index in [2.05, 4.69) is 25.8 Å². The van der Waals surface area contributed by atoms with E-state index in [1.165, 1.54) is 24.3 Å². The van der Waals surface area contributed by atoms with Crippen molar-refractivity contribution in [3.8, 4) is 22.5 Å². The number of hydrogen-bond donors (Lipinski definition) is 6. The number of carboxylic acid groups (broad SMARTS) is 1. The van der Waals surface area contributed by atoms with Gasteiger partial charge in [0.15, 0.2) is 5.82 Å². The van der Waals surface area contributed by atoms with Crippen LogP contribution in [0.1, 0.15) is 47.4 Å². The second kappa shape index (κ2) is 16.3. The lowest BCUT2D eigenvalue weighted by Crippen LogP contribution is -2.48. The number of benzene rings is 3. The molecule has 0 bridgehead atoms. The first-order valence-electron chi connectivity index (χ1n) is 16.0. The Balaban J connectivity index is 0.00000605. The number of halogens is 5. The first-order valence-corrected chi connectivity index (χ1v) is 16.0. The van der Waals surface area contributed by atoms with E-state index in [0.29, 0.717) is 42.0 Å². The highest BCUT2D eigenvalue weighted by Gasteiger charge is 2.66. The van der Waals surface area contributed by atoms with Crippen LogP contribution in [0.5, 0.6) is 0 Å². The first-order chi connectivity index (χ1) is 24.2. The average molecular weight is 746 g/mol. The summed E-state index contributed by atoms with van der Waals surface area (Å²) in [6.45, 7) is 0.544. The van der Waals surface area contributed by atoms with Crippen molar-refractivity contribution in [3.63, 3.8) is 0 Å². The van der Waals surface area contributed by atoms with Crippen molar-refractivity contribution in [1.29, 1.82) is 0 Å². The van der Waals surface area contributed by atoms with Crippen LogP contribution in [0.2, 0.25) is 0 Å². The Labute approximate surface area is 301 Å². The monoisotopic (exact) mass is 745 g/mol. The summed E-state index contributed by atoms with van der Waals surface area (Å²) in [5.74, 6) is -17.1. The molecule has 3 aromatic carbocycles. The topological polar surface area (TPSA) is 206 Å². The van der Waals surface area contributed by atoms with Gasteiger partial charge in [0.25, 0.3) is 0 Å². The van der Waals surface area contributed by atoms with Gasteiger partial charge in [-0.05, 0) is 85.2 Å². The number of carbonyl (C=O) groups excluding carboxylic acids is 3. The predicted octanol–water partition coefficient (Wildman–Crippen LogP) is 4.90. The van der Waals surface area contributed by atoms with Crippen molar-refractivity contribution in [2.45, 2.75) is 50.0 Å². The van der Waals surface area contributed by atoms with Crippen molar-refractivity contribution in [1.82, 2.24) is 20.5 Å². The molecule has 1 heterocycles. The number of H-pyrrole nitrogens is 1. The molecule has 8 N–H and O–H groups in total. The zero-order valence-electron chi connectivity index (χ0n) is 27.5. The highest BCUT2D eigenvalue weighted by atomic mass is 35.5. The number of nitrogens with two attached hydrogens (primary N) is 2. The largest absolute Gasteiger partial charge is 0.477 e. The molecule has 0 saturated heterocycles. The van der Waals surface area contributed by atoms with Gasteiger partial charge in [-0.15, -0.1) is 12.4 Å². The number of aliphatic carboxylic acids is 1. The summed E-state index contributed by atoms with van der Waals surface area (Å²) in [5, 5.41) is 19.3. The number of carbonyl (C=O) groups is 4. The molecule has 17 heteroatoms. The molecule has 1 aromatic heterocycles. The van der Waals surface area contributed by atoms with Gasteiger partial charge in [-0.25, -0.2) is 9.78 Å². The van der Waals surface area contributed by atoms with Crippen LogP contribution >= 0.6 is 12.4 Å². The Morgan fingerprint density at radius 1 is 0.904 bits per heavy atom. The molecule has 12 nitrogen and oxygen atoms in total. The fourth-order valence-corrected chi connectivity index (χ4v) is 5.91. The maximum absolute atomic E-state index is 14.2. The van der Waals surface area contributed by atoms with Crippen molar-refractivity contribution < 1.29 is 41.8 Å². The number of amides is 3. The molecule has 1 saturated carbocycles. The molecule has 3 amide bonds. The Bertz CT molecular complexity index is 1900. The molecule has 0 spiro atoms. The molecule has 1 aliphatic rings. The van der Waals surface area contributed by atoms with Crippen LogP contribution in [0.25, 0.3) is 22.5 Å². The third kappa shape index (κ3) is 8.57. The number of aromatic amines is 1. The molecule has 1 atom stereocenters. The number of rotatable bonds is 13. The number of alkyl halides is 4. The normalized spacial score (nSPS) is 16.6. The lowest BCUT2D eigenvalue weighted by molar-refractivity contribution is -0.231. The highest BCUT2D eigenvalue weighted by Crippen LogP contribution is 2.42. The second-order valence-electron chi connectivity index (χ2n) is 12.4. The van der Waals surface area contributed by atoms with Gasteiger partial charge in [0.2, 0.25) is 23.5 Å². The van der Waals surface area contributed by atoms with Crippen molar-refractivity contribution in [2.24, 2.45) is 23.3 Å². The molecule has 0 unspecified atom stereocenters. The fraction of sp³-hybridized carbons (Fsp3) is 0.314. The van der Waals surface area contributed by atoms with Gasteiger partial charge in [-0.2, -0.15) is 22.7 Å². The number of nitrogens with zero attached hydrogens (tertiary/aromatic N) is 2. The van der Waals surface area contributed by atoms with Gasteiger partial charge >= 0.3 is 17.8 Å². The van der Waals surface area contributed by atoms with E-state index in [1.54, 1.807) is 48.5 Å². The van der Waals surface area contributed by atoms with Crippen molar-refractivity contribution in [3.05, 3.63) is 89.7 Å². The third-order valence-electron chi connectivity index (χ3n) is 8.94. The molecular formula is C35H36ClF4N7O5. The minimum Gasteiger partial charge on any atom is -0.477 e. The molecule has 52 heavy (non-hydrogen) atoms. The van der Waals surface area contributed by atoms with E-state index in [-0.39, 0.29) is 47.7 Å². The summed E-state index contributed by atoms with van der Waals surface area (Å²) in [6.07, 6.45) is 3.00. The first kappa shape index (κ1) is 39.4. The van der Waals surface area contributed by atoms with Crippen LogP contribution in [-0.4, -0.2) is 62.5 Å². The molecule has 0 radical (unpaired) electrons. The average Bonchev–Trinajstić information content (AvgIpc) is 3.63. The van der Waals surface area contributed by atoms with Crippen LogP contribution in [-0.2, 0) is 26.7 Å². The van der Waals surface area contributed by atoms with Crippen LogP contribution in [0, 0.1) is 11.8 Å². The molecular weight excluding hydrogens is 710 g/mol. The minimum absolute atomic E-state index is 0. The lowest BCUT2D eigenvalue weighted by atomic mass is 9.81. The minimum atomic E-state index is -5.45. The summed E-state index contributed by atoms with van der Waals surface area (Å²) in [4.78, 5) is 53.0. The summed E-state index contributed by atoms with van der Waals surface area (Å²) < 4.78 is 55.6. The van der Waals surface area contributed by atoms with Gasteiger partial charge < -0.3 is 27.2 Å². The van der Waals surface area contributed by atoms with Gasteiger partial charge in [0.1, 0.15) is 6.04 Å². The predicted molar refractivity (Wildman–Crippen MR) is 185 cm³/mol. The van der Waals surface area contributed by atoms with Crippen molar-refractivity contribution in [2.75, 3.05) is 11.9 Å². The zero-order valence-corrected chi connectivity index (χ0v) is 28.3. The number of primary amides is 1. The van der Waals surface area contributed by atoms with Gasteiger partial charge in [0.05, 0.1) is 0 Å². The Morgan fingerprint density at radius 3 is 2.12 bits per heavy atom.